The van der Waals surface area contributed by atoms with Gasteiger partial charge >= 0.3 is 7.12 Å². The van der Waals surface area contributed by atoms with Gasteiger partial charge < -0.3 is 37.3 Å². The van der Waals surface area contributed by atoms with E-state index in [1.807, 2.05) is 0 Å². The average molecular weight is 683 g/mol. The van der Waals surface area contributed by atoms with Gasteiger partial charge in [-0.25, -0.2) is 0 Å². The van der Waals surface area contributed by atoms with Crippen LogP contribution >= 0.6 is 0 Å². The van der Waals surface area contributed by atoms with Crippen LogP contribution in [0.2, 0.25) is 5.82 Å². The summed E-state index contributed by atoms with van der Waals surface area (Å²) in [6.07, 6.45) is 13.0. The normalized spacial score (nSPS) is 15.1. The van der Waals surface area contributed by atoms with Crippen molar-refractivity contribution in [1.29, 1.82) is 0 Å². The third-order valence-corrected chi connectivity index (χ3v) is 8.95. The van der Waals surface area contributed by atoms with E-state index in [1.165, 1.54) is 65.7 Å². The second-order valence-corrected chi connectivity index (χ2v) is 13.7. The summed E-state index contributed by atoms with van der Waals surface area (Å²) in [6, 6.07) is -2.19. The minimum absolute atomic E-state index is 0.0505. The van der Waals surface area contributed by atoms with E-state index in [-0.39, 0.29) is 37.4 Å². The van der Waals surface area contributed by atoms with E-state index >= 15 is 0 Å². The molecular weight excluding hydrogens is 615 g/mol. The number of hydrogen-bond acceptors (Lipinski definition) is 10. The predicted octanol–water partition coefficient (Wildman–Crippen LogP) is 3.12. The largest absolute Gasteiger partial charge is 0.454 e. The molecule has 12 nitrogen and oxygen atoms in total. The summed E-state index contributed by atoms with van der Waals surface area (Å²) < 4.78 is 0. The Bertz CT molecular complexity index is 936. The molecule has 2 amide bonds. The van der Waals surface area contributed by atoms with Gasteiger partial charge in [0.1, 0.15) is 11.8 Å². The molecular formula is C35H67BN4O8. The monoisotopic (exact) mass is 683 g/mol. The van der Waals surface area contributed by atoms with Crippen LogP contribution in [0.15, 0.2) is 0 Å². The standard InChI is InChI=1S/C35H67BN4O8/c1-5-6-7-8-9-10-11-12-13-14-15-18-29(42)23-28(24-38)35(46)40-33(27(4)41)32(44)21-25(2)34(45)39-30(19-16-17-20-37)31(43)22-26(3)36(47)48/h25-28,30,33,41,47-48H,5-24,37-38H2,1-4H3,(H,39,45)(H,40,46)/t25-,26-,27-,28+,30+,33+/m1/s1. The van der Waals surface area contributed by atoms with Crippen molar-refractivity contribution in [3.8, 4) is 0 Å². The first-order chi connectivity index (χ1) is 22.8. The van der Waals surface area contributed by atoms with Crippen LogP contribution in [-0.4, -0.2) is 82.7 Å². The highest BCUT2D eigenvalue weighted by Gasteiger charge is 2.33. The second kappa shape index (κ2) is 27.6. The number of unbranched alkanes of at least 4 members (excludes halogenated alkanes) is 11. The Balaban J connectivity index is 4.91. The van der Waals surface area contributed by atoms with Crippen molar-refractivity contribution >= 4 is 36.3 Å². The first-order valence-electron chi connectivity index (χ1n) is 18.4. The van der Waals surface area contributed by atoms with E-state index in [2.05, 4.69) is 17.6 Å². The molecule has 48 heavy (non-hydrogen) atoms. The van der Waals surface area contributed by atoms with Crippen LogP contribution in [-0.2, 0) is 24.0 Å². The van der Waals surface area contributed by atoms with Gasteiger partial charge in [0.2, 0.25) is 11.8 Å². The summed E-state index contributed by atoms with van der Waals surface area (Å²) in [6.45, 7) is 6.90. The smallest absolute Gasteiger partial charge is 0.427 e. The molecule has 0 heterocycles. The minimum Gasteiger partial charge on any atom is -0.427 e. The maximum atomic E-state index is 13.2. The Morgan fingerprint density at radius 1 is 0.688 bits per heavy atom. The third kappa shape index (κ3) is 21.0. The Morgan fingerprint density at radius 3 is 1.75 bits per heavy atom. The first-order valence-corrected chi connectivity index (χ1v) is 18.4. The van der Waals surface area contributed by atoms with Crippen LogP contribution < -0.4 is 22.1 Å². The average Bonchev–Trinajstić information content (AvgIpc) is 3.03. The molecule has 0 spiro atoms. The zero-order valence-corrected chi connectivity index (χ0v) is 30.2. The summed E-state index contributed by atoms with van der Waals surface area (Å²) in [5.74, 6) is -4.63. The topological polar surface area (TPSA) is 222 Å². The first kappa shape index (κ1) is 45.8. The molecule has 9 N–H and O–H groups in total. The van der Waals surface area contributed by atoms with Gasteiger partial charge in [-0.3, -0.25) is 24.0 Å². The summed E-state index contributed by atoms with van der Waals surface area (Å²) in [4.78, 5) is 64.6. The molecule has 0 aliphatic rings. The maximum Gasteiger partial charge on any atom is 0.454 e. The maximum absolute atomic E-state index is 13.2. The van der Waals surface area contributed by atoms with E-state index in [0.717, 1.165) is 25.7 Å². The number of amides is 2. The van der Waals surface area contributed by atoms with Crippen LogP contribution in [0.25, 0.3) is 0 Å². The molecule has 6 atom stereocenters. The molecule has 0 saturated heterocycles. The lowest BCUT2D eigenvalue weighted by atomic mass is 9.71. The lowest BCUT2D eigenvalue weighted by molar-refractivity contribution is -0.136. The number of hydrogen-bond donors (Lipinski definition) is 7. The van der Waals surface area contributed by atoms with E-state index in [1.54, 1.807) is 0 Å². The molecule has 0 aromatic heterocycles. The fourth-order valence-corrected chi connectivity index (χ4v) is 5.59. The van der Waals surface area contributed by atoms with Crippen LogP contribution in [0.1, 0.15) is 143 Å². The molecule has 278 valence electrons. The highest BCUT2D eigenvalue weighted by molar-refractivity contribution is 6.43. The molecule has 13 heteroatoms. The zero-order valence-electron chi connectivity index (χ0n) is 30.2. The van der Waals surface area contributed by atoms with Crippen LogP contribution in [0, 0.1) is 11.8 Å². The zero-order chi connectivity index (χ0) is 36.5. The Labute approximate surface area is 289 Å². The van der Waals surface area contributed by atoms with Gasteiger partial charge in [0.05, 0.1) is 18.1 Å². The van der Waals surface area contributed by atoms with Gasteiger partial charge in [-0.15, -0.1) is 0 Å². The Hall–Kier alpha value is -2.19. The number of nitrogens with two attached hydrogens (primary N) is 2. The second-order valence-electron chi connectivity index (χ2n) is 13.7. The Kier molecular flexibility index (Phi) is 26.4. The van der Waals surface area contributed by atoms with Crippen molar-refractivity contribution in [3.05, 3.63) is 0 Å². The van der Waals surface area contributed by atoms with Gasteiger partial charge in [0, 0.05) is 38.1 Å². The van der Waals surface area contributed by atoms with E-state index < -0.39 is 60.6 Å². The highest BCUT2D eigenvalue weighted by atomic mass is 16.4. The molecule has 0 bridgehead atoms. The highest BCUT2D eigenvalue weighted by Crippen LogP contribution is 2.17. The molecule has 0 rings (SSSR count). The summed E-state index contributed by atoms with van der Waals surface area (Å²) >= 11 is 0. The van der Waals surface area contributed by atoms with Crippen molar-refractivity contribution in [3.63, 3.8) is 0 Å². The number of ketones is 3. The van der Waals surface area contributed by atoms with E-state index in [0.29, 0.717) is 32.2 Å². The van der Waals surface area contributed by atoms with Crippen LogP contribution in [0.5, 0.6) is 0 Å². The lowest BCUT2D eigenvalue weighted by Crippen LogP contribution is -2.51. The summed E-state index contributed by atoms with van der Waals surface area (Å²) in [5, 5.41) is 34.3. The van der Waals surface area contributed by atoms with Gasteiger partial charge in [-0.1, -0.05) is 85.0 Å². The quantitative estimate of drug-likeness (QED) is 0.0418. The Morgan fingerprint density at radius 2 is 1.25 bits per heavy atom. The van der Waals surface area contributed by atoms with Gasteiger partial charge in [-0.05, 0) is 45.0 Å². The number of nitrogens with one attached hydrogen (secondary N) is 2. The predicted molar refractivity (Wildman–Crippen MR) is 190 cm³/mol. The molecule has 0 aromatic carbocycles. The van der Waals surface area contributed by atoms with Gasteiger partial charge in [-0.2, -0.15) is 0 Å². The van der Waals surface area contributed by atoms with Crippen molar-refractivity contribution in [2.45, 2.75) is 167 Å². The van der Waals surface area contributed by atoms with Crippen molar-refractivity contribution < 1.29 is 39.1 Å². The molecule has 0 radical (unpaired) electrons. The van der Waals surface area contributed by atoms with Crippen molar-refractivity contribution in [2.75, 3.05) is 13.1 Å². The lowest BCUT2D eigenvalue weighted by Gasteiger charge is -2.25. The van der Waals surface area contributed by atoms with Crippen molar-refractivity contribution in [1.82, 2.24) is 10.6 Å². The molecule has 0 fully saturated rings. The number of carbonyl (C=O) groups excluding carboxylic acids is 5. The molecule has 0 aliphatic heterocycles. The summed E-state index contributed by atoms with van der Waals surface area (Å²) in [5.41, 5.74) is 11.4. The van der Waals surface area contributed by atoms with Crippen LogP contribution in [0.4, 0.5) is 0 Å². The summed E-state index contributed by atoms with van der Waals surface area (Å²) in [7, 11) is -1.68. The fourth-order valence-electron chi connectivity index (χ4n) is 5.59. The molecule has 0 unspecified atom stereocenters. The van der Waals surface area contributed by atoms with E-state index in [4.69, 9.17) is 11.5 Å². The van der Waals surface area contributed by atoms with Crippen LogP contribution in [0.3, 0.4) is 0 Å². The number of Topliss-reactive ketones (excluding diaryl/α,β-unsaturated/α-hetero) is 3. The fraction of sp³-hybridized carbons (Fsp3) is 0.857. The number of carbonyl (C=O) groups is 5. The third-order valence-electron chi connectivity index (χ3n) is 8.95. The SMILES string of the molecule is CCCCCCCCCCCCCC(=O)C[C@@H](CN)C(=O)N[C@H](C(=O)C[C@@H](C)C(=O)N[C@@H](CCCCN)C(=O)C[C@@H](C)B(O)O)[C@@H](C)O. The number of aliphatic hydroxyl groups excluding tert-OH is 1. The number of aliphatic hydroxyl groups is 1. The number of rotatable bonds is 31. The van der Waals surface area contributed by atoms with Gasteiger partial charge in [0.15, 0.2) is 11.6 Å². The molecule has 0 aliphatic carbocycles. The molecule has 0 saturated carbocycles. The van der Waals surface area contributed by atoms with Crippen molar-refractivity contribution in [2.24, 2.45) is 23.3 Å². The van der Waals surface area contributed by atoms with E-state index in [9.17, 15) is 39.1 Å². The van der Waals surface area contributed by atoms with Gasteiger partial charge in [0.25, 0.3) is 0 Å². The molecule has 0 aromatic rings. The minimum atomic E-state index is -1.68.